The van der Waals surface area contributed by atoms with Crippen LogP contribution in [0.5, 0.6) is 0 Å². The second-order valence-electron chi connectivity index (χ2n) is 6.15. The number of H-pyrrole nitrogens is 1. The van der Waals surface area contributed by atoms with Crippen LogP contribution in [0.25, 0.3) is 11.3 Å². The quantitative estimate of drug-likeness (QED) is 0.770. The number of benzene rings is 2. The van der Waals surface area contributed by atoms with Crippen molar-refractivity contribution in [1.82, 2.24) is 15.5 Å². The molecule has 1 aromatic heterocycles. The van der Waals surface area contributed by atoms with Crippen molar-refractivity contribution in [2.75, 3.05) is 0 Å². The Labute approximate surface area is 140 Å². The molecule has 4 nitrogen and oxygen atoms in total. The highest BCUT2D eigenvalue weighted by atomic mass is 16.2. The van der Waals surface area contributed by atoms with Gasteiger partial charge in [0, 0.05) is 5.56 Å². The van der Waals surface area contributed by atoms with Crippen molar-refractivity contribution in [2.24, 2.45) is 0 Å². The van der Waals surface area contributed by atoms with Gasteiger partial charge < -0.3 is 5.32 Å². The summed E-state index contributed by atoms with van der Waals surface area (Å²) in [4.78, 5) is 12.6. The molecule has 0 fully saturated rings. The Morgan fingerprint density at radius 1 is 1.08 bits per heavy atom. The number of aromatic nitrogens is 2. The SMILES string of the molecule is O=C(N[C@@H]1CCCc2ccccc21)c1cc(-c2ccccc2)n[nH]1. The van der Waals surface area contributed by atoms with Crippen LogP contribution in [0.2, 0.25) is 0 Å². The zero-order chi connectivity index (χ0) is 16.4. The van der Waals surface area contributed by atoms with Crippen molar-refractivity contribution < 1.29 is 4.79 Å². The third-order valence-electron chi connectivity index (χ3n) is 4.57. The lowest BCUT2D eigenvalue weighted by Gasteiger charge is -2.26. The third-order valence-corrected chi connectivity index (χ3v) is 4.57. The van der Waals surface area contributed by atoms with E-state index in [0.29, 0.717) is 5.69 Å². The Balaban J connectivity index is 1.53. The van der Waals surface area contributed by atoms with E-state index in [9.17, 15) is 4.79 Å². The van der Waals surface area contributed by atoms with Gasteiger partial charge in [-0.15, -0.1) is 0 Å². The summed E-state index contributed by atoms with van der Waals surface area (Å²) in [6.45, 7) is 0. The van der Waals surface area contributed by atoms with Crippen molar-refractivity contribution in [2.45, 2.75) is 25.3 Å². The van der Waals surface area contributed by atoms with Crippen molar-refractivity contribution in [3.63, 3.8) is 0 Å². The first kappa shape index (κ1) is 14.7. The van der Waals surface area contributed by atoms with Gasteiger partial charge in [0.15, 0.2) is 0 Å². The van der Waals surface area contributed by atoms with Crippen LogP contribution < -0.4 is 5.32 Å². The molecule has 24 heavy (non-hydrogen) atoms. The monoisotopic (exact) mass is 317 g/mol. The summed E-state index contributed by atoms with van der Waals surface area (Å²) in [5.74, 6) is -0.105. The minimum absolute atomic E-state index is 0.0749. The molecule has 1 aliphatic carbocycles. The molecule has 1 amide bonds. The fourth-order valence-corrected chi connectivity index (χ4v) is 3.33. The molecule has 0 saturated carbocycles. The third kappa shape index (κ3) is 2.83. The number of rotatable bonds is 3. The van der Waals surface area contributed by atoms with Gasteiger partial charge in [-0.25, -0.2) is 0 Å². The minimum atomic E-state index is -0.105. The molecule has 4 heteroatoms. The number of nitrogens with zero attached hydrogens (tertiary/aromatic N) is 1. The van der Waals surface area contributed by atoms with Gasteiger partial charge >= 0.3 is 0 Å². The predicted octanol–water partition coefficient (Wildman–Crippen LogP) is 3.88. The smallest absolute Gasteiger partial charge is 0.269 e. The number of carbonyl (C=O) groups excluding carboxylic acids is 1. The molecule has 3 aromatic rings. The van der Waals surface area contributed by atoms with Gasteiger partial charge in [-0.05, 0) is 36.5 Å². The Morgan fingerprint density at radius 2 is 1.88 bits per heavy atom. The summed E-state index contributed by atoms with van der Waals surface area (Å²) in [5, 5.41) is 10.3. The van der Waals surface area contributed by atoms with Gasteiger partial charge in [0.2, 0.25) is 0 Å². The van der Waals surface area contributed by atoms with Crippen molar-refractivity contribution >= 4 is 5.91 Å². The molecule has 2 aromatic carbocycles. The highest BCUT2D eigenvalue weighted by Gasteiger charge is 2.22. The fraction of sp³-hybridized carbons (Fsp3) is 0.200. The number of hydrogen-bond acceptors (Lipinski definition) is 2. The van der Waals surface area contributed by atoms with Gasteiger partial charge in [-0.3, -0.25) is 9.89 Å². The van der Waals surface area contributed by atoms with Crippen molar-refractivity contribution in [3.8, 4) is 11.3 Å². The lowest BCUT2D eigenvalue weighted by Crippen LogP contribution is -2.31. The van der Waals surface area contributed by atoms with Crippen LogP contribution >= 0.6 is 0 Å². The first-order chi connectivity index (χ1) is 11.8. The van der Waals surface area contributed by atoms with E-state index in [1.165, 1.54) is 11.1 Å². The number of aryl methyl sites for hydroxylation is 1. The topological polar surface area (TPSA) is 57.8 Å². The van der Waals surface area contributed by atoms with E-state index < -0.39 is 0 Å². The molecular formula is C20H19N3O. The molecule has 0 bridgehead atoms. The summed E-state index contributed by atoms with van der Waals surface area (Å²) in [5.41, 5.74) is 4.85. The normalized spacial score (nSPS) is 16.4. The van der Waals surface area contributed by atoms with E-state index in [0.717, 1.165) is 30.5 Å². The molecule has 1 atom stereocenters. The number of carbonyl (C=O) groups is 1. The molecule has 0 spiro atoms. The number of hydrogen-bond donors (Lipinski definition) is 2. The molecule has 120 valence electrons. The standard InChI is InChI=1S/C20H19N3O/c24-20(19-13-18(22-23-19)15-8-2-1-3-9-15)21-17-12-6-10-14-7-4-5-11-16(14)17/h1-5,7-9,11,13,17H,6,10,12H2,(H,21,24)(H,22,23)/t17-/m1/s1. The molecule has 1 aliphatic rings. The van der Waals surface area contributed by atoms with Crippen LogP contribution in [0.3, 0.4) is 0 Å². The lowest BCUT2D eigenvalue weighted by atomic mass is 9.87. The first-order valence-corrected chi connectivity index (χ1v) is 8.31. The van der Waals surface area contributed by atoms with E-state index >= 15 is 0 Å². The number of amides is 1. The fourth-order valence-electron chi connectivity index (χ4n) is 3.33. The van der Waals surface area contributed by atoms with Gasteiger partial charge in [0.05, 0.1) is 11.7 Å². The van der Waals surface area contributed by atoms with E-state index in [4.69, 9.17) is 0 Å². The van der Waals surface area contributed by atoms with Gasteiger partial charge in [0.25, 0.3) is 5.91 Å². The molecule has 4 rings (SSSR count). The van der Waals surface area contributed by atoms with Crippen molar-refractivity contribution in [3.05, 3.63) is 77.5 Å². The lowest BCUT2D eigenvalue weighted by molar-refractivity contribution is 0.0927. The van der Waals surface area contributed by atoms with E-state index in [2.05, 4.69) is 33.7 Å². The molecular weight excluding hydrogens is 298 g/mol. The van der Waals surface area contributed by atoms with E-state index in [1.807, 2.05) is 36.4 Å². The predicted molar refractivity (Wildman–Crippen MR) is 93.6 cm³/mol. The molecule has 0 aliphatic heterocycles. The van der Waals surface area contributed by atoms with Crippen molar-refractivity contribution in [1.29, 1.82) is 0 Å². The van der Waals surface area contributed by atoms with Gasteiger partial charge in [-0.1, -0.05) is 54.6 Å². The maximum atomic E-state index is 12.6. The minimum Gasteiger partial charge on any atom is -0.344 e. The Morgan fingerprint density at radius 3 is 2.75 bits per heavy atom. The second kappa shape index (κ2) is 6.32. The Hall–Kier alpha value is -2.88. The average Bonchev–Trinajstić information content (AvgIpc) is 3.13. The van der Waals surface area contributed by atoms with Crippen LogP contribution in [0.4, 0.5) is 0 Å². The maximum Gasteiger partial charge on any atom is 0.269 e. The highest BCUT2D eigenvalue weighted by Crippen LogP contribution is 2.29. The summed E-state index contributed by atoms with van der Waals surface area (Å²) in [6, 6.07) is 20.1. The Bertz CT molecular complexity index is 854. The Kier molecular flexibility index (Phi) is 3.87. The zero-order valence-corrected chi connectivity index (χ0v) is 13.3. The molecule has 1 heterocycles. The molecule has 0 saturated heterocycles. The van der Waals surface area contributed by atoms with Crippen LogP contribution in [0.1, 0.15) is 40.5 Å². The molecule has 0 unspecified atom stereocenters. The van der Waals surface area contributed by atoms with Gasteiger partial charge in [0.1, 0.15) is 5.69 Å². The summed E-state index contributed by atoms with van der Waals surface area (Å²) < 4.78 is 0. The van der Waals surface area contributed by atoms with Crippen LogP contribution in [0.15, 0.2) is 60.7 Å². The molecule has 2 N–H and O–H groups in total. The average molecular weight is 317 g/mol. The summed E-state index contributed by atoms with van der Waals surface area (Å²) in [7, 11) is 0. The van der Waals surface area contributed by atoms with E-state index in [-0.39, 0.29) is 11.9 Å². The van der Waals surface area contributed by atoms with Crippen LogP contribution in [-0.4, -0.2) is 16.1 Å². The zero-order valence-electron chi connectivity index (χ0n) is 13.3. The number of fused-ring (bicyclic) bond motifs is 1. The second-order valence-corrected chi connectivity index (χ2v) is 6.15. The number of nitrogens with one attached hydrogen (secondary N) is 2. The van der Waals surface area contributed by atoms with E-state index in [1.54, 1.807) is 6.07 Å². The largest absolute Gasteiger partial charge is 0.344 e. The maximum absolute atomic E-state index is 12.6. The van der Waals surface area contributed by atoms with Crippen LogP contribution in [0, 0.1) is 0 Å². The van der Waals surface area contributed by atoms with Gasteiger partial charge in [-0.2, -0.15) is 5.10 Å². The molecule has 0 radical (unpaired) electrons. The summed E-state index contributed by atoms with van der Waals surface area (Å²) >= 11 is 0. The highest BCUT2D eigenvalue weighted by molar-refractivity contribution is 5.93. The first-order valence-electron chi connectivity index (χ1n) is 8.31. The summed E-state index contributed by atoms with van der Waals surface area (Å²) in [6.07, 6.45) is 3.16. The number of aromatic amines is 1. The van der Waals surface area contributed by atoms with Crippen LogP contribution in [-0.2, 0) is 6.42 Å².